The lowest BCUT2D eigenvalue weighted by molar-refractivity contribution is -0.137. The van der Waals surface area contributed by atoms with Crippen LogP contribution in [0.5, 0.6) is 0 Å². The molecule has 2 aromatic rings. The Hall–Kier alpha value is -2.47. The molecule has 1 aliphatic carbocycles. The largest absolute Gasteiger partial charge is 0.481 e. The van der Waals surface area contributed by atoms with Gasteiger partial charge in [-0.05, 0) is 68.8 Å². The SMILES string of the molecule is Cc1ccc(-c2ccc(COC3CC(O)C(N4CCCCC4)C3CC=CCCCC(=O)O)cc2)cc1. The number of benzene rings is 2. The predicted molar refractivity (Wildman–Crippen MR) is 144 cm³/mol. The maximum absolute atomic E-state index is 11.1. The van der Waals surface area contributed by atoms with E-state index in [2.05, 4.69) is 72.5 Å². The first-order valence-electron chi connectivity index (χ1n) is 13.6. The van der Waals surface area contributed by atoms with Gasteiger partial charge in [0.15, 0.2) is 0 Å². The Morgan fingerprint density at radius 2 is 1.67 bits per heavy atom. The van der Waals surface area contributed by atoms with Crippen LogP contribution in [-0.4, -0.2) is 52.4 Å². The third-order valence-electron chi connectivity index (χ3n) is 7.74. The fraction of sp³-hybridized carbons (Fsp3) is 0.516. The van der Waals surface area contributed by atoms with Crippen molar-refractivity contribution in [2.75, 3.05) is 13.1 Å². The van der Waals surface area contributed by atoms with Gasteiger partial charge in [-0.1, -0.05) is 72.7 Å². The lowest BCUT2D eigenvalue weighted by atomic mass is 9.93. The van der Waals surface area contributed by atoms with E-state index >= 15 is 0 Å². The topological polar surface area (TPSA) is 70.0 Å². The summed E-state index contributed by atoms with van der Waals surface area (Å²) in [4.78, 5) is 13.2. The third-order valence-corrected chi connectivity index (χ3v) is 7.74. The van der Waals surface area contributed by atoms with Crippen molar-refractivity contribution in [3.05, 3.63) is 71.8 Å². The number of hydrogen-bond donors (Lipinski definition) is 2. The molecule has 4 unspecified atom stereocenters. The van der Waals surface area contributed by atoms with Crippen LogP contribution in [0.3, 0.4) is 0 Å². The van der Waals surface area contributed by atoms with Gasteiger partial charge in [0, 0.05) is 24.8 Å². The molecule has 2 fully saturated rings. The summed E-state index contributed by atoms with van der Waals surface area (Å²) in [6.07, 6.45) is 10.7. The number of nitrogens with zero attached hydrogens (tertiary/aromatic N) is 1. The minimum Gasteiger partial charge on any atom is -0.481 e. The molecule has 0 amide bonds. The Bertz CT molecular complexity index is 979. The number of likely N-dealkylation sites (tertiary alicyclic amines) is 1. The first-order valence-corrected chi connectivity index (χ1v) is 13.6. The summed E-state index contributed by atoms with van der Waals surface area (Å²) in [6, 6.07) is 17.3. The van der Waals surface area contributed by atoms with Gasteiger partial charge in [-0.15, -0.1) is 0 Å². The maximum atomic E-state index is 11.1. The summed E-state index contributed by atoms with van der Waals surface area (Å²) >= 11 is 0. The molecule has 4 atom stereocenters. The van der Waals surface area contributed by atoms with E-state index in [9.17, 15) is 9.90 Å². The Morgan fingerprint density at radius 3 is 2.33 bits per heavy atom. The normalized spacial score (nSPS) is 24.9. The van der Waals surface area contributed by atoms with Gasteiger partial charge in [0.2, 0.25) is 0 Å². The van der Waals surface area contributed by atoms with E-state index in [0.29, 0.717) is 19.4 Å². The molecule has 1 aliphatic heterocycles. The lowest BCUT2D eigenvalue weighted by Crippen LogP contribution is -2.47. The van der Waals surface area contributed by atoms with Gasteiger partial charge in [-0.25, -0.2) is 0 Å². The number of aliphatic hydroxyl groups excluding tert-OH is 1. The Labute approximate surface area is 215 Å². The summed E-state index contributed by atoms with van der Waals surface area (Å²) < 4.78 is 6.47. The van der Waals surface area contributed by atoms with E-state index in [1.165, 1.54) is 36.0 Å². The summed E-state index contributed by atoms with van der Waals surface area (Å²) in [5, 5.41) is 19.9. The standard InChI is InChI=1S/C31H41NO4/c1-23-11-15-25(16-12-23)26-17-13-24(14-18-26)22-36-29-21-28(33)31(32-19-7-4-8-20-32)27(29)9-5-2-3-6-10-30(34)35/h2,5,11-18,27-29,31,33H,3-4,6-10,19-22H2,1H3,(H,34,35). The molecule has 0 bridgehead atoms. The van der Waals surface area contributed by atoms with Gasteiger partial charge in [-0.3, -0.25) is 9.69 Å². The summed E-state index contributed by atoms with van der Waals surface area (Å²) in [5.74, 6) is -0.506. The molecule has 0 aromatic heterocycles. The van der Waals surface area contributed by atoms with Crippen molar-refractivity contribution < 1.29 is 19.7 Å². The summed E-state index contributed by atoms with van der Waals surface area (Å²) in [5.41, 5.74) is 4.82. The van der Waals surface area contributed by atoms with Crippen molar-refractivity contribution in [3.8, 4) is 11.1 Å². The molecule has 2 aromatic carbocycles. The molecule has 1 saturated heterocycles. The van der Waals surface area contributed by atoms with Crippen molar-refractivity contribution >= 4 is 5.97 Å². The highest BCUT2D eigenvalue weighted by Gasteiger charge is 2.45. The van der Waals surface area contributed by atoms with Gasteiger partial charge in [0.05, 0.1) is 18.8 Å². The fourth-order valence-electron chi connectivity index (χ4n) is 5.76. The van der Waals surface area contributed by atoms with Crippen LogP contribution in [0.25, 0.3) is 11.1 Å². The third kappa shape index (κ3) is 7.28. The number of allylic oxidation sites excluding steroid dienone is 2. The molecular weight excluding hydrogens is 450 g/mol. The maximum Gasteiger partial charge on any atom is 0.303 e. The number of rotatable bonds is 11. The van der Waals surface area contributed by atoms with Crippen LogP contribution >= 0.6 is 0 Å². The number of ether oxygens (including phenoxy) is 1. The Balaban J connectivity index is 1.38. The number of carboxylic acids is 1. The average molecular weight is 492 g/mol. The lowest BCUT2D eigenvalue weighted by Gasteiger charge is -2.37. The second-order valence-electron chi connectivity index (χ2n) is 10.5. The minimum absolute atomic E-state index is 0.00683. The van der Waals surface area contributed by atoms with Crippen LogP contribution in [0.1, 0.15) is 62.5 Å². The van der Waals surface area contributed by atoms with Gasteiger partial charge in [0.1, 0.15) is 0 Å². The number of aliphatic hydroxyl groups is 1. The van der Waals surface area contributed by atoms with E-state index in [1.54, 1.807) is 0 Å². The Kier molecular flexibility index (Phi) is 9.74. The number of aryl methyl sites for hydroxylation is 1. The van der Waals surface area contributed by atoms with Crippen molar-refractivity contribution in [2.45, 2.75) is 83.1 Å². The van der Waals surface area contributed by atoms with Gasteiger partial charge >= 0.3 is 5.97 Å². The van der Waals surface area contributed by atoms with E-state index in [0.717, 1.165) is 31.5 Å². The smallest absolute Gasteiger partial charge is 0.303 e. The van der Waals surface area contributed by atoms with Crippen LogP contribution in [0.4, 0.5) is 0 Å². The molecule has 1 heterocycles. The molecular formula is C31H41NO4. The van der Waals surface area contributed by atoms with Crippen LogP contribution in [-0.2, 0) is 16.1 Å². The molecule has 1 saturated carbocycles. The predicted octanol–water partition coefficient (Wildman–Crippen LogP) is 5.98. The van der Waals surface area contributed by atoms with E-state index in [4.69, 9.17) is 9.84 Å². The average Bonchev–Trinajstić information content (AvgIpc) is 3.20. The molecule has 2 N–H and O–H groups in total. The van der Waals surface area contributed by atoms with Crippen LogP contribution < -0.4 is 0 Å². The van der Waals surface area contributed by atoms with Crippen molar-refractivity contribution in [2.24, 2.45) is 5.92 Å². The highest BCUT2D eigenvalue weighted by atomic mass is 16.5. The first kappa shape index (κ1) is 26.6. The van der Waals surface area contributed by atoms with Gasteiger partial charge in [-0.2, -0.15) is 0 Å². The van der Waals surface area contributed by atoms with Crippen molar-refractivity contribution in [1.82, 2.24) is 4.90 Å². The van der Waals surface area contributed by atoms with Crippen LogP contribution in [0.15, 0.2) is 60.7 Å². The van der Waals surface area contributed by atoms with E-state index in [-0.39, 0.29) is 30.6 Å². The molecule has 5 heteroatoms. The highest BCUT2D eigenvalue weighted by molar-refractivity contribution is 5.66. The second-order valence-corrected chi connectivity index (χ2v) is 10.5. The number of unbranched alkanes of at least 4 members (excludes halogenated alkanes) is 1. The van der Waals surface area contributed by atoms with Crippen LogP contribution in [0.2, 0.25) is 0 Å². The molecule has 36 heavy (non-hydrogen) atoms. The number of carboxylic acid groups (broad SMARTS) is 1. The zero-order valence-corrected chi connectivity index (χ0v) is 21.5. The van der Waals surface area contributed by atoms with E-state index < -0.39 is 5.97 Å². The highest BCUT2D eigenvalue weighted by Crippen LogP contribution is 2.37. The molecule has 4 rings (SSSR count). The monoisotopic (exact) mass is 491 g/mol. The summed E-state index contributed by atoms with van der Waals surface area (Å²) in [7, 11) is 0. The second kappa shape index (κ2) is 13.2. The minimum atomic E-state index is -0.743. The number of carbonyl (C=O) groups is 1. The molecule has 2 aliphatic rings. The molecule has 0 spiro atoms. The molecule has 0 radical (unpaired) electrons. The number of aliphatic carboxylic acids is 1. The molecule has 5 nitrogen and oxygen atoms in total. The zero-order chi connectivity index (χ0) is 25.3. The van der Waals surface area contributed by atoms with Crippen molar-refractivity contribution in [1.29, 1.82) is 0 Å². The first-order chi connectivity index (χ1) is 17.5. The number of piperidine rings is 1. The number of hydrogen-bond acceptors (Lipinski definition) is 4. The fourth-order valence-corrected chi connectivity index (χ4v) is 5.76. The van der Waals surface area contributed by atoms with Crippen LogP contribution in [0, 0.1) is 12.8 Å². The van der Waals surface area contributed by atoms with Gasteiger partial charge < -0.3 is 14.9 Å². The van der Waals surface area contributed by atoms with E-state index in [1.807, 2.05) is 0 Å². The molecule has 194 valence electrons. The van der Waals surface area contributed by atoms with Crippen molar-refractivity contribution in [3.63, 3.8) is 0 Å². The zero-order valence-electron chi connectivity index (χ0n) is 21.5. The quantitative estimate of drug-likeness (QED) is 0.299. The summed E-state index contributed by atoms with van der Waals surface area (Å²) in [6.45, 7) is 4.74. The van der Waals surface area contributed by atoms with Gasteiger partial charge in [0.25, 0.3) is 0 Å². The Morgan fingerprint density at radius 1 is 1.00 bits per heavy atom.